The van der Waals surface area contributed by atoms with Crippen LogP contribution in [0.15, 0.2) is 48.9 Å². The van der Waals surface area contributed by atoms with E-state index in [2.05, 4.69) is 25.4 Å². The number of nitrogens with one attached hydrogen (secondary N) is 1. The van der Waals surface area contributed by atoms with Gasteiger partial charge >= 0.3 is 6.18 Å². The van der Waals surface area contributed by atoms with Gasteiger partial charge in [-0.25, -0.2) is 15.0 Å². The van der Waals surface area contributed by atoms with E-state index in [0.717, 1.165) is 11.6 Å². The molecule has 0 aliphatic heterocycles. The number of alkyl halides is 3. The van der Waals surface area contributed by atoms with Gasteiger partial charge in [0.2, 0.25) is 0 Å². The first-order chi connectivity index (χ1) is 13.4. The molecule has 0 unspecified atom stereocenters. The van der Waals surface area contributed by atoms with E-state index >= 15 is 0 Å². The van der Waals surface area contributed by atoms with Gasteiger partial charge < -0.3 is 5.32 Å². The smallest absolute Gasteiger partial charge is 0.373 e. The number of hydrogen-bond acceptors (Lipinski definition) is 5. The molecule has 0 spiro atoms. The molecule has 0 fully saturated rings. The lowest BCUT2D eigenvalue weighted by Gasteiger charge is -2.13. The minimum Gasteiger partial charge on any atom is -0.373 e. The van der Waals surface area contributed by atoms with Gasteiger partial charge in [-0.05, 0) is 6.07 Å². The molecule has 0 bridgehead atoms. The highest BCUT2D eigenvalue weighted by atomic mass is 19.4. The quantitative estimate of drug-likeness (QED) is 0.575. The normalized spacial score (nSPS) is 11.8. The molecule has 1 aromatic carbocycles. The standard InChI is InChI=1S/C19H15F3N6/c1-23-18-13(19(20,21)22)8-14-17(26-18)16(25-10-24-14)12-9-28(2)27-15(12)11-6-4-3-5-7-11/h3-10H,1-2H3,(H,23,26). The molecule has 3 aromatic heterocycles. The highest BCUT2D eigenvalue weighted by Crippen LogP contribution is 2.38. The fourth-order valence-electron chi connectivity index (χ4n) is 3.06. The van der Waals surface area contributed by atoms with Gasteiger partial charge in [0.15, 0.2) is 0 Å². The van der Waals surface area contributed by atoms with E-state index in [1.54, 1.807) is 17.9 Å². The lowest BCUT2D eigenvalue weighted by Crippen LogP contribution is -2.11. The van der Waals surface area contributed by atoms with Gasteiger partial charge in [-0.3, -0.25) is 4.68 Å². The molecule has 0 amide bonds. The molecule has 4 rings (SSSR count). The molecule has 0 aliphatic rings. The van der Waals surface area contributed by atoms with Crippen LogP contribution in [0, 0.1) is 0 Å². The Bertz CT molecular complexity index is 1150. The third kappa shape index (κ3) is 3.04. The van der Waals surface area contributed by atoms with Crippen molar-refractivity contribution in [3.8, 4) is 22.5 Å². The van der Waals surface area contributed by atoms with E-state index in [1.165, 1.54) is 13.4 Å². The van der Waals surface area contributed by atoms with Crippen LogP contribution in [0.4, 0.5) is 19.0 Å². The molecule has 0 radical (unpaired) electrons. The van der Waals surface area contributed by atoms with Crippen molar-refractivity contribution >= 4 is 16.9 Å². The van der Waals surface area contributed by atoms with Crippen molar-refractivity contribution in [3.05, 3.63) is 54.5 Å². The zero-order chi connectivity index (χ0) is 19.9. The summed E-state index contributed by atoms with van der Waals surface area (Å²) in [6, 6.07) is 10.5. The molecule has 0 saturated heterocycles. The van der Waals surface area contributed by atoms with E-state index in [9.17, 15) is 13.2 Å². The Hall–Kier alpha value is -3.49. The zero-order valence-electron chi connectivity index (χ0n) is 15.0. The number of nitrogens with zero attached hydrogens (tertiary/aromatic N) is 5. The topological polar surface area (TPSA) is 68.5 Å². The summed E-state index contributed by atoms with van der Waals surface area (Å²) in [5.41, 5.74) is 2.12. The van der Waals surface area contributed by atoms with Gasteiger partial charge in [-0.1, -0.05) is 30.3 Å². The van der Waals surface area contributed by atoms with E-state index in [4.69, 9.17) is 0 Å². The van der Waals surface area contributed by atoms with Gasteiger partial charge in [0, 0.05) is 31.4 Å². The van der Waals surface area contributed by atoms with Gasteiger partial charge in [0.05, 0.1) is 11.1 Å². The van der Waals surface area contributed by atoms with Gasteiger partial charge in [0.1, 0.15) is 29.0 Å². The average molecular weight is 384 g/mol. The Morgan fingerprint density at radius 1 is 1.04 bits per heavy atom. The third-order valence-corrected chi connectivity index (χ3v) is 4.28. The molecule has 0 atom stereocenters. The summed E-state index contributed by atoms with van der Waals surface area (Å²) in [5.74, 6) is -0.277. The van der Waals surface area contributed by atoms with Crippen LogP contribution < -0.4 is 5.32 Å². The number of fused-ring (bicyclic) bond motifs is 1. The first kappa shape index (κ1) is 17.9. The molecule has 6 nitrogen and oxygen atoms in total. The second-order valence-corrected chi connectivity index (χ2v) is 6.15. The molecule has 142 valence electrons. The summed E-state index contributed by atoms with van der Waals surface area (Å²) < 4.78 is 41.7. The highest BCUT2D eigenvalue weighted by molar-refractivity contribution is 5.94. The number of hydrogen-bond donors (Lipinski definition) is 1. The predicted octanol–water partition coefficient (Wildman–Crippen LogP) is 4.15. The van der Waals surface area contributed by atoms with Crippen LogP contribution in [0.25, 0.3) is 33.5 Å². The Morgan fingerprint density at radius 2 is 1.79 bits per heavy atom. The lowest BCUT2D eigenvalue weighted by atomic mass is 10.0. The molecule has 1 N–H and O–H groups in total. The molecule has 3 heterocycles. The maximum Gasteiger partial charge on any atom is 0.420 e. The van der Waals surface area contributed by atoms with Crippen molar-refractivity contribution in [2.75, 3.05) is 12.4 Å². The summed E-state index contributed by atoms with van der Waals surface area (Å²) >= 11 is 0. The second kappa shape index (κ2) is 6.59. The second-order valence-electron chi connectivity index (χ2n) is 6.15. The summed E-state index contributed by atoms with van der Waals surface area (Å²) in [6.45, 7) is 0. The van der Waals surface area contributed by atoms with Crippen LogP contribution >= 0.6 is 0 Å². The van der Waals surface area contributed by atoms with E-state index in [1.807, 2.05) is 30.3 Å². The van der Waals surface area contributed by atoms with Crippen LogP contribution in [0.1, 0.15) is 5.56 Å². The number of benzene rings is 1. The fraction of sp³-hybridized carbons (Fsp3) is 0.158. The van der Waals surface area contributed by atoms with Crippen molar-refractivity contribution in [1.82, 2.24) is 24.7 Å². The first-order valence-electron chi connectivity index (χ1n) is 8.38. The Balaban J connectivity index is 1.99. The number of aromatic nitrogens is 5. The van der Waals surface area contributed by atoms with Crippen molar-refractivity contribution in [3.63, 3.8) is 0 Å². The number of rotatable bonds is 3. The Labute approximate surface area is 158 Å². The van der Waals surface area contributed by atoms with Crippen molar-refractivity contribution < 1.29 is 13.2 Å². The first-order valence-corrected chi connectivity index (χ1v) is 8.38. The molecule has 4 aromatic rings. The van der Waals surface area contributed by atoms with Gasteiger partial charge in [0.25, 0.3) is 0 Å². The molecule has 0 saturated carbocycles. The molecule has 28 heavy (non-hydrogen) atoms. The monoisotopic (exact) mass is 384 g/mol. The third-order valence-electron chi connectivity index (χ3n) is 4.28. The van der Waals surface area contributed by atoms with Gasteiger partial charge in [-0.2, -0.15) is 18.3 Å². The number of anilines is 1. The van der Waals surface area contributed by atoms with Crippen LogP contribution in [0.5, 0.6) is 0 Å². The van der Waals surface area contributed by atoms with Crippen LogP contribution in [0.3, 0.4) is 0 Å². The van der Waals surface area contributed by atoms with Crippen molar-refractivity contribution in [2.45, 2.75) is 6.18 Å². The number of halogens is 3. The summed E-state index contributed by atoms with van der Waals surface area (Å²) in [4.78, 5) is 12.5. The fourth-order valence-corrected chi connectivity index (χ4v) is 3.06. The highest BCUT2D eigenvalue weighted by Gasteiger charge is 2.35. The lowest BCUT2D eigenvalue weighted by molar-refractivity contribution is -0.137. The summed E-state index contributed by atoms with van der Waals surface area (Å²) in [5, 5.41) is 7.01. The van der Waals surface area contributed by atoms with Crippen molar-refractivity contribution in [1.29, 1.82) is 0 Å². The van der Waals surface area contributed by atoms with E-state index in [0.29, 0.717) is 17.0 Å². The largest absolute Gasteiger partial charge is 0.420 e. The van der Waals surface area contributed by atoms with Crippen molar-refractivity contribution in [2.24, 2.45) is 7.05 Å². The van der Waals surface area contributed by atoms with Crippen LogP contribution in [-0.4, -0.2) is 31.8 Å². The van der Waals surface area contributed by atoms with Crippen LogP contribution in [-0.2, 0) is 13.2 Å². The molecule has 0 aliphatic carbocycles. The minimum atomic E-state index is -4.55. The van der Waals surface area contributed by atoms with Gasteiger partial charge in [-0.15, -0.1) is 0 Å². The summed E-state index contributed by atoms with van der Waals surface area (Å²) in [7, 11) is 3.17. The summed E-state index contributed by atoms with van der Waals surface area (Å²) in [6.07, 6.45) is -1.54. The van der Waals surface area contributed by atoms with E-state index in [-0.39, 0.29) is 16.9 Å². The minimum absolute atomic E-state index is 0.110. The maximum absolute atomic E-state index is 13.3. The maximum atomic E-state index is 13.3. The molecule has 9 heteroatoms. The average Bonchev–Trinajstić information content (AvgIpc) is 3.08. The number of pyridine rings is 1. The SMILES string of the molecule is CNc1nc2c(-c3cn(C)nc3-c3ccccc3)ncnc2cc1C(F)(F)F. The zero-order valence-corrected chi connectivity index (χ0v) is 15.0. The molecular formula is C19H15F3N6. The Kier molecular flexibility index (Phi) is 4.21. The van der Waals surface area contributed by atoms with Crippen LogP contribution in [0.2, 0.25) is 0 Å². The number of aryl methyl sites for hydroxylation is 1. The predicted molar refractivity (Wildman–Crippen MR) is 99.5 cm³/mol. The Morgan fingerprint density at radius 3 is 2.46 bits per heavy atom. The molecular weight excluding hydrogens is 369 g/mol. The van der Waals surface area contributed by atoms with E-state index < -0.39 is 11.7 Å².